The third-order valence-corrected chi connectivity index (χ3v) is 12.2. The van der Waals surface area contributed by atoms with Crippen molar-refractivity contribution < 1.29 is 75.5 Å². The third kappa shape index (κ3) is 6.26. The number of ether oxygens (including phenoxy) is 1. The molecule has 6 rings (SSSR count). The second-order valence-electron chi connectivity index (χ2n) is 12.3. The van der Waals surface area contributed by atoms with Crippen molar-refractivity contribution in [3.8, 4) is 22.6 Å². The minimum atomic E-state index is -4.00. The van der Waals surface area contributed by atoms with Gasteiger partial charge < -0.3 is 9.26 Å². The van der Waals surface area contributed by atoms with Gasteiger partial charge in [-0.3, -0.25) is 28.6 Å². The number of nitrogens with zero attached hydrogens (tertiary/aromatic N) is 2. The van der Waals surface area contributed by atoms with Gasteiger partial charge in [-0.2, -0.15) is 0 Å². The first-order valence-electron chi connectivity index (χ1n) is 15.5. The molecule has 0 N–H and O–H groups in total. The Bertz CT molecular complexity index is 2120. The van der Waals surface area contributed by atoms with Gasteiger partial charge in [0.15, 0.2) is 5.75 Å². The van der Waals surface area contributed by atoms with Crippen molar-refractivity contribution >= 4 is 48.0 Å². The topological polar surface area (TPSA) is 127 Å². The van der Waals surface area contributed by atoms with E-state index in [4.69, 9.17) is 9.26 Å². The van der Waals surface area contributed by atoms with Crippen LogP contribution in [-0.2, 0) is 33.7 Å². The summed E-state index contributed by atoms with van der Waals surface area (Å²) in [7, 11) is -2.80. The molecule has 2 atom stereocenters. The second-order valence-corrected chi connectivity index (χ2v) is 14.9. The number of hydrogen-bond donors (Lipinski definition) is 0. The molecule has 50 heavy (non-hydrogen) atoms. The van der Waals surface area contributed by atoms with Crippen LogP contribution in [0.1, 0.15) is 43.4 Å². The number of para-hydroxylation sites is 1. The Morgan fingerprint density at radius 2 is 1.38 bits per heavy atom. The first-order valence-corrected chi connectivity index (χ1v) is 17.1. The number of aryl methyl sites for hydroxylation is 1. The van der Waals surface area contributed by atoms with Crippen molar-refractivity contribution in [3.63, 3.8) is 0 Å². The van der Waals surface area contributed by atoms with Gasteiger partial charge in [0, 0.05) is 55.9 Å². The Labute approximate surface area is 319 Å². The van der Waals surface area contributed by atoms with Crippen LogP contribution >= 0.6 is 7.37 Å². The average Bonchev–Trinajstić information content (AvgIpc) is 3.08. The molecule has 4 aromatic rings. The van der Waals surface area contributed by atoms with Gasteiger partial charge in [0.1, 0.15) is 23.7 Å². The van der Waals surface area contributed by atoms with Crippen molar-refractivity contribution in [1.29, 1.82) is 0 Å². The maximum absolute atomic E-state index is 15.9. The predicted molar refractivity (Wildman–Crippen MR) is 184 cm³/mol. The van der Waals surface area contributed by atoms with Crippen LogP contribution in [0.15, 0.2) is 103 Å². The molecule has 2 aliphatic rings. The van der Waals surface area contributed by atoms with Crippen LogP contribution in [0.5, 0.6) is 11.5 Å². The zero-order chi connectivity index (χ0) is 35.2. The third-order valence-electron chi connectivity index (χ3n) is 8.99. The minimum absolute atomic E-state index is 0. The standard InChI is InChI=1S/C38H33N2O8P.Ar/c1-23(2)37(45)47-31-20-26(18-19-29(31)40-35(43)21-33(41)39(5)34(42)22-36(40)44)38(4,25-16-14-24(3)15-17-25)49(46)32-13-9-7-11-28(32)27-10-6-8-12-30(27)48-49;/h6-20H,1,21-22H2,2-5H3;. The Morgan fingerprint density at radius 3 is 2.00 bits per heavy atom. The maximum atomic E-state index is 15.9. The number of rotatable bonds is 6. The Hall–Kier alpha value is -4.34. The summed E-state index contributed by atoms with van der Waals surface area (Å²) in [5.41, 5.74) is 3.36. The zero-order valence-corrected chi connectivity index (χ0v) is 29.3. The molecule has 1 saturated heterocycles. The number of esters is 1. The van der Waals surface area contributed by atoms with E-state index in [9.17, 15) is 24.0 Å². The van der Waals surface area contributed by atoms with E-state index >= 15 is 4.57 Å². The van der Waals surface area contributed by atoms with Crippen LogP contribution in [0.3, 0.4) is 0 Å². The molecular weight excluding hydrogens is 683 g/mol. The fraction of sp³-hybridized carbons (Fsp3) is 0.184. The molecule has 0 spiro atoms. The van der Waals surface area contributed by atoms with Gasteiger partial charge in [-0.1, -0.05) is 78.9 Å². The number of carbonyl (C=O) groups excluding carboxylic acids is 5. The average molecular weight is 717 g/mol. The maximum Gasteiger partial charge on any atom is 0.338 e. The fourth-order valence-electron chi connectivity index (χ4n) is 6.10. The number of benzene rings is 4. The molecular formula is C38H33ArN2O8P. The van der Waals surface area contributed by atoms with E-state index in [1.165, 1.54) is 26.1 Å². The fourth-order valence-corrected chi connectivity index (χ4v) is 9.06. The summed E-state index contributed by atoms with van der Waals surface area (Å²) in [5.74, 6) is -4.06. The SMILES string of the molecule is C=C(C)C(=O)Oc1cc(C(C)(c2ccc(C)cc2)P2(=O)Oc3ccccc3-c3ccccc32)ccc1N1C(=O)CC(=O)N(C)C(=O)CC1=O.[Ar]. The summed E-state index contributed by atoms with van der Waals surface area (Å²) in [6.07, 6.45) is -1.55. The molecule has 256 valence electrons. The van der Waals surface area contributed by atoms with Crippen LogP contribution < -0.4 is 19.5 Å². The van der Waals surface area contributed by atoms with Gasteiger partial charge in [-0.15, -0.1) is 0 Å². The summed E-state index contributed by atoms with van der Waals surface area (Å²) < 4.78 is 28.2. The first-order chi connectivity index (χ1) is 23.3. The van der Waals surface area contributed by atoms with Crippen LogP contribution in [0, 0.1) is 44.7 Å². The Kier molecular flexibility index (Phi) is 10.4. The molecule has 4 aromatic carbocycles. The predicted octanol–water partition coefficient (Wildman–Crippen LogP) is 6.04. The number of anilines is 1. The molecule has 2 aliphatic heterocycles. The normalized spacial score (nSPS) is 18.4. The molecule has 1 fully saturated rings. The van der Waals surface area contributed by atoms with Crippen molar-refractivity contribution in [2.45, 2.75) is 38.8 Å². The van der Waals surface area contributed by atoms with Crippen LogP contribution in [0.2, 0.25) is 0 Å². The van der Waals surface area contributed by atoms with E-state index in [0.29, 0.717) is 27.1 Å². The summed E-state index contributed by atoms with van der Waals surface area (Å²) in [4.78, 5) is 66.5. The molecule has 0 radical (unpaired) electrons. The van der Waals surface area contributed by atoms with E-state index in [0.717, 1.165) is 21.6 Å². The number of fused-ring (bicyclic) bond motifs is 3. The molecule has 0 bridgehead atoms. The van der Waals surface area contributed by atoms with E-state index in [1.54, 1.807) is 37.3 Å². The van der Waals surface area contributed by atoms with Gasteiger partial charge in [-0.05, 0) is 61.7 Å². The summed E-state index contributed by atoms with van der Waals surface area (Å²) in [6.45, 7) is 8.80. The number of amides is 4. The van der Waals surface area contributed by atoms with E-state index in [-0.39, 0.29) is 54.7 Å². The van der Waals surface area contributed by atoms with Gasteiger partial charge in [-0.25, -0.2) is 9.69 Å². The molecule has 12 heteroatoms. The van der Waals surface area contributed by atoms with E-state index < -0.39 is 55.0 Å². The molecule has 10 nitrogen and oxygen atoms in total. The molecule has 2 heterocycles. The monoisotopic (exact) mass is 716 g/mol. The minimum Gasteiger partial charge on any atom is -0.438 e. The quantitative estimate of drug-likeness (QED) is 0.0591. The van der Waals surface area contributed by atoms with Crippen LogP contribution in [0.25, 0.3) is 11.1 Å². The van der Waals surface area contributed by atoms with E-state index in [1.807, 2.05) is 55.5 Å². The van der Waals surface area contributed by atoms with Crippen LogP contribution in [0.4, 0.5) is 5.69 Å². The number of carbonyl (C=O) groups is 5. The zero-order valence-electron chi connectivity index (χ0n) is 27.7. The van der Waals surface area contributed by atoms with Crippen molar-refractivity contribution in [3.05, 3.63) is 120 Å². The smallest absolute Gasteiger partial charge is 0.338 e. The first kappa shape index (κ1) is 36.9. The Balaban J connectivity index is 0.00000486. The van der Waals surface area contributed by atoms with Crippen molar-refractivity contribution in [2.24, 2.45) is 0 Å². The second kappa shape index (κ2) is 14.1. The van der Waals surface area contributed by atoms with E-state index in [2.05, 4.69) is 6.58 Å². The molecule has 0 aliphatic carbocycles. The summed E-state index contributed by atoms with van der Waals surface area (Å²) >= 11 is 0. The number of imide groups is 2. The summed E-state index contributed by atoms with van der Waals surface area (Å²) in [5, 5.41) is -0.955. The van der Waals surface area contributed by atoms with Gasteiger partial charge in [0.2, 0.25) is 23.6 Å². The largest absolute Gasteiger partial charge is 0.438 e. The summed E-state index contributed by atoms with van der Waals surface area (Å²) in [6, 6.07) is 26.6. The molecule has 0 saturated carbocycles. The van der Waals surface area contributed by atoms with Crippen LogP contribution in [-0.4, -0.2) is 41.5 Å². The number of hydrogen-bond acceptors (Lipinski definition) is 8. The Morgan fingerprint density at radius 1 is 0.820 bits per heavy atom. The van der Waals surface area contributed by atoms with Crippen molar-refractivity contribution in [2.75, 3.05) is 11.9 Å². The molecule has 4 amide bonds. The molecule has 0 aromatic heterocycles. The van der Waals surface area contributed by atoms with Gasteiger partial charge in [0.05, 0.1) is 11.0 Å². The van der Waals surface area contributed by atoms with Gasteiger partial charge in [0.25, 0.3) is 7.37 Å². The molecule has 2 unspecified atom stereocenters. The van der Waals surface area contributed by atoms with Crippen molar-refractivity contribution in [1.82, 2.24) is 4.90 Å². The van der Waals surface area contributed by atoms with Gasteiger partial charge >= 0.3 is 5.97 Å².